The Balaban J connectivity index is 1.53. The Morgan fingerprint density at radius 1 is 1.25 bits per heavy atom. The van der Waals surface area contributed by atoms with Crippen molar-refractivity contribution in [1.82, 2.24) is 9.88 Å². The van der Waals surface area contributed by atoms with E-state index in [1.807, 2.05) is 0 Å². The van der Waals surface area contributed by atoms with E-state index in [2.05, 4.69) is 19.9 Å². The second kappa shape index (κ2) is 7.78. The first kappa shape index (κ1) is 19.9. The molecule has 2 aliphatic heterocycles. The monoisotopic (exact) mass is 444 g/mol. The predicted molar refractivity (Wildman–Crippen MR) is 110 cm³/mol. The maximum atomic E-state index is 14.6. The number of rotatable bonds is 6. The van der Waals surface area contributed by atoms with E-state index in [9.17, 15) is 12.8 Å². The van der Waals surface area contributed by atoms with Gasteiger partial charge in [0.15, 0.2) is 5.13 Å². The molecule has 10 heteroatoms. The molecule has 152 valence electrons. The van der Waals surface area contributed by atoms with Gasteiger partial charge in [0.1, 0.15) is 10.7 Å². The van der Waals surface area contributed by atoms with Crippen molar-refractivity contribution in [1.29, 1.82) is 0 Å². The molecule has 0 bridgehead atoms. The molecule has 1 aromatic carbocycles. The lowest BCUT2D eigenvalue weighted by molar-refractivity contribution is 0.102. The van der Waals surface area contributed by atoms with Gasteiger partial charge in [-0.25, -0.2) is 17.8 Å². The van der Waals surface area contributed by atoms with Crippen LogP contribution in [-0.2, 0) is 10.0 Å². The van der Waals surface area contributed by atoms with Crippen molar-refractivity contribution in [2.45, 2.75) is 42.5 Å². The SMILES string of the molecule is O=S(=O)(Nc1nccs1)c1cc(Cl)c(NC[C@@]23CCCCN2CCC3)cc1F. The van der Waals surface area contributed by atoms with E-state index in [1.165, 1.54) is 25.5 Å². The molecule has 0 saturated carbocycles. The predicted octanol–water partition coefficient (Wildman–Crippen LogP) is 4.17. The highest BCUT2D eigenvalue weighted by molar-refractivity contribution is 7.93. The maximum absolute atomic E-state index is 14.6. The van der Waals surface area contributed by atoms with Crippen LogP contribution in [0.15, 0.2) is 28.6 Å². The number of hydrogen-bond donors (Lipinski definition) is 2. The molecule has 0 aliphatic carbocycles. The Morgan fingerprint density at radius 3 is 2.82 bits per heavy atom. The average molecular weight is 445 g/mol. The first-order chi connectivity index (χ1) is 13.4. The fourth-order valence-electron chi connectivity index (χ4n) is 4.25. The second-order valence-corrected chi connectivity index (χ2v) is 10.3. The molecule has 3 heterocycles. The summed E-state index contributed by atoms with van der Waals surface area (Å²) >= 11 is 7.42. The highest BCUT2D eigenvalue weighted by Crippen LogP contribution is 2.38. The molecule has 1 aromatic heterocycles. The number of thiazole rings is 1. The molecule has 4 rings (SSSR count). The van der Waals surface area contributed by atoms with Gasteiger partial charge in [-0.1, -0.05) is 18.0 Å². The summed E-state index contributed by atoms with van der Waals surface area (Å²) in [7, 11) is -4.10. The van der Waals surface area contributed by atoms with Gasteiger partial charge in [0.2, 0.25) is 0 Å². The molecule has 2 aromatic rings. The average Bonchev–Trinajstić information content (AvgIpc) is 3.31. The van der Waals surface area contributed by atoms with Gasteiger partial charge in [-0.05, 0) is 50.9 Å². The zero-order valence-corrected chi connectivity index (χ0v) is 17.6. The highest BCUT2D eigenvalue weighted by atomic mass is 35.5. The third kappa shape index (κ3) is 3.85. The lowest BCUT2D eigenvalue weighted by atomic mass is 9.86. The van der Waals surface area contributed by atoms with E-state index in [1.54, 1.807) is 5.38 Å². The Bertz CT molecular complexity index is 955. The van der Waals surface area contributed by atoms with Gasteiger partial charge >= 0.3 is 0 Å². The summed E-state index contributed by atoms with van der Waals surface area (Å²) < 4.78 is 41.8. The number of fused-ring (bicyclic) bond motifs is 1. The summed E-state index contributed by atoms with van der Waals surface area (Å²) in [4.78, 5) is 5.89. The minimum atomic E-state index is -4.10. The van der Waals surface area contributed by atoms with Gasteiger partial charge in [-0.3, -0.25) is 9.62 Å². The van der Waals surface area contributed by atoms with Crippen molar-refractivity contribution < 1.29 is 12.8 Å². The fourth-order valence-corrected chi connectivity index (χ4v) is 6.42. The molecular weight excluding hydrogens is 423 g/mol. The molecule has 2 N–H and O–H groups in total. The van der Waals surface area contributed by atoms with Gasteiger partial charge in [0, 0.05) is 23.7 Å². The molecule has 2 saturated heterocycles. The number of nitrogens with zero attached hydrogens (tertiary/aromatic N) is 2. The number of aromatic nitrogens is 1. The van der Waals surface area contributed by atoms with E-state index < -0.39 is 20.7 Å². The smallest absolute Gasteiger partial charge is 0.266 e. The summed E-state index contributed by atoms with van der Waals surface area (Å²) in [6, 6.07) is 2.32. The van der Waals surface area contributed by atoms with Crippen LogP contribution < -0.4 is 10.0 Å². The highest BCUT2D eigenvalue weighted by Gasteiger charge is 2.42. The molecule has 2 aliphatic rings. The standard InChI is InChI=1S/C18H22ClFN4O2S2/c19-13-10-16(28(25,26)23-17-21-6-9-27-17)14(20)11-15(13)22-12-18-4-1-2-7-24(18)8-3-5-18/h6,9-11,22H,1-5,7-8,12H2,(H,21,23)/t18-/m0/s1. The zero-order valence-electron chi connectivity index (χ0n) is 15.2. The molecular formula is C18H22ClFN4O2S2. The molecule has 0 unspecified atom stereocenters. The third-order valence-corrected chi connectivity index (χ3v) is 8.12. The van der Waals surface area contributed by atoms with Crippen LogP contribution in [0.4, 0.5) is 15.2 Å². The van der Waals surface area contributed by atoms with Crippen LogP contribution in [0.25, 0.3) is 0 Å². The first-order valence-corrected chi connectivity index (χ1v) is 12.0. The summed E-state index contributed by atoms with van der Waals surface area (Å²) in [5, 5.41) is 5.26. The number of halogens is 2. The molecule has 1 atom stereocenters. The van der Waals surface area contributed by atoms with Gasteiger partial charge in [0.05, 0.1) is 10.7 Å². The van der Waals surface area contributed by atoms with Crippen molar-refractivity contribution in [3.63, 3.8) is 0 Å². The Kier molecular flexibility index (Phi) is 5.52. The summed E-state index contributed by atoms with van der Waals surface area (Å²) in [5.41, 5.74) is 0.508. The van der Waals surface area contributed by atoms with Crippen molar-refractivity contribution in [3.05, 3.63) is 34.5 Å². The lowest BCUT2D eigenvalue weighted by Crippen LogP contribution is -2.51. The molecule has 0 amide bonds. The van der Waals surface area contributed by atoms with Crippen LogP contribution >= 0.6 is 22.9 Å². The Hall–Kier alpha value is -1.42. The van der Waals surface area contributed by atoms with Crippen molar-refractivity contribution in [3.8, 4) is 0 Å². The molecule has 2 fully saturated rings. The number of sulfonamides is 1. The van der Waals surface area contributed by atoms with E-state index in [-0.39, 0.29) is 15.7 Å². The quantitative estimate of drug-likeness (QED) is 0.699. The van der Waals surface area contributed by atoms with E-state index >= 15 is 0 Å². The van der Waals surface area contributed by atoms with Crippen LogP contribution in [0.2, 0.25) is 5.02 Å². The number of piperidine rings is 1. The molecule has 0 spiro atoms. The summed E-state index contributed by atoms with van der Waals surface area (Å²) in [6.45, 7) is 2.88. The maximum Gasteiger partial charge on any atom is 0.266 e. The van der Waals surface area contributed by atoms with Crippen LogP contribution in [0.1, 0.15) is 32.1 Å². The zero-order chi connectivity index (χ0) is 19.8. The van der Waals surface area contributed by atoms with Crippen molar-refractivity contribution in [2.75, 3.05) is 29.7 Å². The largest absolute Gasteiger partial charge is 0.382 e. The van der Waals surface area contributed by atoms with Gasteiger partial charge in [-0.2, -0.15) is 0 Å². The molecule has 28 heavy (non-hydrogen) atoms. The number of anilines is 2. The van der Waals surface area contributed by atoms with Gasteiger partial charge < -0.3 is 5.32 Å². The van der Waals surface area contributed by atoms with Crippen LogP contribution in [0.5, 0.6) is 0 Å². The number of benzene rings is 1. The van der Waals surface area contributed by atoms with Crippen molar-refractivity contribution in [2.24, 2.45) is 0 Å². The topological polar surface area (TPSA) is 74.3 Å². The Labute approximate surface area is 173 Å². The van der Waals surface area contributed by atoms with E-state index in [0.29, 0.717) is 12.2 Å². The van der Waals surface area contributed by atoms with E-state index in [4.69, 9.17) is 11.6 Å². The van der Waals surface area contributed by atoms with Crippen LogP contribution in [-0.4, -0.2) is 43.5 Å². The Morgan fingerprint density at radius 2 is 2.04 bits per heavy atom. The van der Waals surface area contributed by atoms with Gasteiger partial charge in [0.25, 0.3) is 10.0 Å². The second-order valence-electron chi connectivity index (χ2n) is 7.33. The summed E-state index contributed by atoms with van der Waals surface area (Å²) in [5.74, 6) is -0.847. The van der Waals surface area contributed by atoms with Crippen molar-refractivity contribution >= 4 is 43.8 Å². The summed E-state index contributed by atoms with van der Waals surface area (Å²) in [6.07, 6.45) is 7.28. The molecule has 0 radical (unpaired) electrons. The minimum absolute atomic E-state index is 0.0925. The van der Waals surface area contributed by atoms with Gasteiger partial charge in [-0.15, -0.1) is 11.3 Å². The van der Waals surface area contributed by atoms with E-state index in [0.717, 1.165) is 49.4 Å². The normalized spacial score (nSPS) is 22.8. The first-order valence-electron chi connectivity index (χ1n) is 9.30. The fraction of sp³-hybridized carbons (Fsp3) is 0.500. The molecule has 6 nitrogen and oxygen atoms in total. The van der Waals surface area contributed by atoms with Crippen LogP contribution in [0.3, 0.4) is 0 Å². The number of nitrogens with one attached hydrogen (secondary N) is 2. The number of hydrogen-bond acceptors (Lipinski definition) is 6. The lowest BCUT2D eigenvalue weighted by Gasteiger charge is -2.42. The minimum Gasteiger partial charge on any atom is -0.382 e. The van der Waals surface area contributed by atoms with Crippen LogP contribution in [0, 0.1) is 5.82 Å². The third-order valence-electron chi connectivity index (χ3n) is 5.63.